The first kappa shape index (κ1) is 12.1. The van der Waals surface area contributed by atoms with E-state index >= 15 is 0 Å². The lowest BCUT2D eigenvalue weighted by Crippen LogP contribution is -2.17. The Balaban J connectivity index is 2.24. The summed E-state index contributed by atoms with van der Waals surface area (Å²) in [7, 11) is 2.01. The molecule has 1 aromatic rings. The van der Waals surface area contributed by atoms with Crippen LogP contribution in [0.3, 0.4) is 0 Å². The monoisotopic (exact) mass is 209 g/mol. The zero-order chi connectivity index (χ0) is 11.3. The molecule has 86 valence electrons. The van der Waals surface area contributed by atoms with Crippen molar-refractivity contribution in [3.8, 4) is 0 Å². The smallest absolute Gasteiger partial charge is 0.202 e. The van der Waals surface area contributed by atoms with Crippen molar-refractivity contribution in [2.24, 2.45) is 13.0 Å². The Labute approximate surface area is 92.9 Å². The van der Waals surface area contributed by atoms with E-state index < -0.39 is 0 Å². The molecule has 3 heteroatoms. The standard InChI is InChI=1S/C12H23N3/c1-10(2)6-5-7-11(3)14-12-13-8-9-15(12)4/h8-11H,5-7H2,1-4H3,(H,13,14). The van der Waals surface area contributed by atoms with Gasteiger partial charge in [0.15, 0.2) is 0 Å². The zero-order valence-electron chi connectivity index (χ0n) is 10.3. The highest BCUT2D eigenvalue weighted by atomic mass is 15.2. The van der Waals surface area contributed by atoms with Crippen LogP contribution in [0.15, 0.2) is 12.4 Å². The van der Waals surface area contributed by atoms with Gasteiger partial charge in [0.2, 0.25) is 5.95 Å². The maximum Gasteiger partial charge on any atom is 0.202 e. The molecule has 0 saturated heterocycles. The van der Waals surface area contributed by atoms with E-state index in [0.717, 1.165) is 11.9 Å². The SMILES string of the molecule is CC(C)CCCC(C)Nc1nccn1C. The normalized spacial score (nSPS) is 13.1. The fourth-order valence-corrected chi connectivity index (χ4v) is 1.63. The molecule has 0 aromatic carbocycles. The molecule has 0 bridgehead atoms. The average Bonchev–Trinajstić information content (AvgIpc) is 2.51. The molecule has 0 saturated carbocycles. The van der Waals surface area contributed by atoms with E-state index in [4.69, 9.17) is 0 Å². The minimum absolute atomic E-state index is 0.504. The Hall–Kier alpha value is -0.990. The van der Waals surface area contributed by atoms with Crippen LogP contribution >= 0.6 is 0 Å². The molecule has 1 atom stereocenters. The minimum atomic E-state index is 0.504. The minimum Gasteiger partial charge on any atom is -0.353 e. The van der Waals surface area contributed by atoms with Crippen molar-refractivity contribution in [3.05, 3.63) is 12.4 Å². The summed E-state index contributed by atoms with van der Waals surface area (Å²) < 4.78 is 2.01. The van der Waals surface area contributed by atoms with Crippen LogP contribution in [-0.2, 0) is 7.05 Å². The Bertz CT molecular complexity index is 278. The van der Waals surface area contributed by atoms with E-state index in [9.17, 15) is 0 Å². The maximum absolute atomic E-state index is 4.25. The molecular weight excluding hydrogens is 186 g/mol. The Morgan fingerprint density at radius 3 is 2.60 bits per heavy atom. The Morgan fingerprint density at radius 1 is 1.33 bits per heavy atom. The van der Waals surface area contributed by atoms with Gasteiger partial charge in [0.25, 0.3) is 0 Å². The fraction of sp³-hybridized carbons (Fsp3) is 0.750. The lowest BCUT2D eigenvalue weighted by Gasteiger charge is -2.15. The van der Waals surface area contributed by atoms with Gasteiger partial charge in [-0.05, 0) is 19.3 Å². The van der Waals surface area contributed by atoms with Gasteiger partial charge in [-0.3, -0.25) is 0 Å². The highest BCUT2D eigenvalue weighted by Gasteiger charge is 2.05. The molecule has 1 unspecified atom stereocenters. The number of rotatable bonds is 6. The van der Waals surface area contributed by atoms with Crippen molar-refractivity contribution >= 4 is 5.95 Å². The van der Waals surface area contributed by atoms with Crippen LogP contribution in [0, 0.1) is 5.92 Å². The van der Waals surface area contributed by atoms with E-state index in [1.165, 1.54) is 19.3 Å². The summed E-state index contributed by atoms with van der Waals surface area (Å²) in [6.45, 7) is 6.77. The summed E-state index contributed by atoms with van der Waals surface area (Å²) in [5, 5.41) is 3.42. The van der Waals surface area contributed by atoms with E-state index in [-0.39, 0.29) is 0 Å². The molecule has 0 aliphatic heterocycles. The lowest BCUT2D eigenvalue weighted by molar-refractivity contribution is 0.519. The van der Waals surface area contributed by atoms with Crippen LogP contribution in [0.2, 0.25) is 0 Å². The van der Waals surface area contributed by atoms with Gasteiger partial charge >= 0.3 is 0 Å². The fourth-order valence-electron chi connectivity index (χ4n) is 1.63. The zero-order valence-corrected chi connectivity index (χ0v) is 10.3. The second-order valence-corrected chi connectivity index (χ2v) is 4.73. The van der Waals surface area contributed by atoms with Crippen LogP contribution in [0.5, 0.6) is 0 Å². The third kappa shape index (κ3) is 4.36. The topological polar surface area (TPSA) is 29.9 Å². The molecule has 0 amide bonds. The molecule has 3 nitrogen and oxygen atoms in total. The number of hydrogen-bond donors (Lipinski definition) is 1. The van der Waals surface area contributed by atoms with Crippen molar-refractivity contribution in [2.75, 3.05) is 5.32 Å². The maximum atomic E-state index is 4.25. The average molecular weight is 209 g/mol. The molecule has 15 heavy (non-hydrogen) atoms. The number of nitrogens with one attached hydrogen (secondary N) is 1. The first-order valence-electron chi connectivity index (χ1n) is 5.83. The summed E-state index contributed by atoms with van der Waals surface area (Å²) in [5.41, 5.74) is 0. The molecular formula is C12H23N3. The van der Waals surface area contributed by atoms with Gasteiger partial charge < -0.3 is 9.88 Å². The summed E-state index contributed by atoms with van der Waals surface area (Å²) in [4.78, 5) is 4.25. The number of aromatic nitrogens is 2. The molecule has 1 aromatic heterocycles. The molecule has 0 aliphatic rings. The third-order valence-corrected chi connectivity index (χ3v) is 2.62. The predicted octanol–water partition coefficient (Wildman–Crippen LogP) is 3.05. The number of nitrogens with zero attached hydrogens (tertiary/aromatic N) is 2. The molecule has 0 spiro atoms. The summed E-state index contributed by atoms with van der Waals surface area (Å²) in [5.74, 6) is 1.78. The van der Waals surface area contributed by atoms with Crippen LogP contribution in [0.25, 0.3) is 0 Å². The van der Waals surface area contributed by atoms with Gasteiger partial charge in [0.1, 0.15) is 0 Å². The molecule has 1 N–H and O–H groups in total. The van der Waals surface area contributed by atoms with Crippen molar-refractivity contribution in [2.45, 2.75) is 46.1 Å². The van der Waals surface area contributed by atoms with Crippen molar-refractivity contribution in [3.63, 3.8) is 0 Å². The second-order valence-electron chi connectivity index (χ2n) is 4.73. The largest absolute Gasteiger partial charge is 0.353 e. The van der Waals surface area contributed by atoms with Crippen LogP contribution in [0.1, 0.15) is 40.0 Å². The van der Waals surface area contributed by atoms with Gasteiger partial charge in [-0.15, -0.1) is 0 Å². The van der Waals surface area contributed by atoms with E-state index in [1.807, 2.05) is 24.0 Å². The third-order valence-electron chi connectivity index (χ3n) is 2.62. The van der Waals surface area contributed by atoms with Crippen LogP contribution < -0.4 is 5.32 Å². The summed E-state index contributed by atoms with van der Waals surface area (Å²) in [6, 6.07) is 0.504. The summed E-state index contributed by atoms with van der Waals surface area (Å²) in [6.07, 6.45) is 7.60. The van der Waals surface area contributed by atoms with Crippen LogP contribution in [-0.4, -0.2) is 15.6 Å². The molecule has 0 aliphatic carbocycles. The first-order chi connectivity index (χ1) is 7.09. The van der Waals surface area contributed by atoms with E-state index in [2.05, 4.69) is 31.1 Å². The quantitative estimate of drug-likeness (QED) is 0.780. The number of aryl methyl sites for hydroxylation is 1. The van der Waals surface area contributed by atoms with Crippen LogP contribution in [0.4, 0.5) is 5.95 Å². The van der Waals surface area contributed by atoms with Gasteiger partial charge in [0.05, 0.1) is 0 Å². The lowest BCUT2D eigenvalue weighted by atomic mass is 10.0. The number of imidazole rings is 1. The predicted molar refractivity (Wildman–Crippen MR) is 65.0 cm³/mol. The second kappa shape index (κ2) is 5.79. The Kier molecular flexibility index (Phi) is 4.66. The van der Waals surface area contributed by atoms with Crippen molar-refractivity contribution in [1.29, 1.82) is 0 Å². The molecule has 1 rings (SSSR count). The Morgan fingerprint density at radius 2 is 2.07 bits per heavy atom. The van der Waals surface area contributed by atoms with E-state index in [1.54, 1.807) is 0 Å². The summed E-state index contributed by atoms with van der Waals surface area (Å²) >= 11 is 0. The highest BCUT2D eigenvalue weighted by Crippen LogP contribution is 2.11. The van der Waals surface area contributed by atoms with Gasteiger partial charge in [-0.2, -0.15) is 0 Å². The molecule has 0 radical (unpaired) electrons. The van der Waals surface area contributed by atoms with Gasteiger partial charge in [-0.1, -0.05) is 26.7 Å². The molecule has 1 heterocycles. The van der Waals surface area contributed by atoms with Gasteiger partial charge in [-0.25, -0.2) is 4.98 Å². The first-order valence-corrected chi connectivity index (χ1v) is 5.83. The number of hydrogen-bond acceptors (Lipinski definition) is 2. The van der Waals surface area contributed by atoms with Crippen molar-refractivity contribution < 1.29 is 0 Å². The molecule has 0 fully saturated rings. The number of anilines is 1. The van der Waals surface area contributed by atoms with Gasteiger partial charge in [0, 0.05) is 25.5 Å². The van der Waals surface area contributed by atoms with Crippen molar-refractivity contribution in [1.82, 2.24) is 9.55 Å². The highest BCUT2D eigenvalue weighted by molar-refractivity contribution is 5.26. The van der Waals surface area contributed by atoms with E-state index in [0.29, 0.717) is 6.04 Å².